The van der Waals surface area contributed by atoms with Crippen molar-refractivity contribution in [3.05, 3.63) is 24.3 Å². The van der Waals surface area contributed by atoms with Gasteiger partial charge < -0.3 is 10.1 Å². The summed E-state index contributed by atoms with van der Waals surface area (Å²) in [6.07, 6.45) is 2.88. The van der Waals surface area contributed by atoms with Gasteiger partial charge >= 0.3 is 0 Å². The van der Waals surface area contributed by atoms with Gasteiger partial charge in [0.2, 0.25) is 0 Å². The first-order valence-corrected chi connectivity index (χ1v) is 6.15. The summed E-state index contributed by atoms with van der Waals surface area (Å²) in [5, 5.41) is 3.11. The zero-order valence-electron chi connectivity index (χ0n) is 10.4. The van der Waals surface area contributed by atoms with Gasteiger partial charge in [-0.2, -0.15) is 0 Å². The van der Waals surface area contributed by atoms with Gasteiger partial charge in [-0.3, -0.25) is 0 Å². The summed E-state index contributed by atoms with van der Waals surface area (Å²) in [4.78, 5) is 0. The van der Waals surface area contributed by atoms with Crippen LogP contribution in [0.25, 0.3) is 0 Å². The highest BCUT2D eigenvalue weighted by molar-refractivity contribution is 5.45. The van der Waals surface area contributed by atoms with Crippen LogP contribution >= 0.6 is 0 Å². The fraction of sp³-hybridized carbons (Fsp3) is 0.571. The lowest BCUT2D eigenvalue weighted by Crippen LogP contribution is -2.21. The van der Waals surface area contributed by atoms with Gasteiger partial charge in [0.25, 0.3) is 0 Å². The summed E-state index contributed by atoms with van der Waals surface area (Å²) in [7, 11) is 1.93. The van der Waals surface area contributed by atoms with Gasteiger partial charge in [0.1, 0.15) is 11.9 Å². The standard InChI is InChI=1S/C14H21NO/c1-10-4-9-14(11(10)2)16-13-7-5-12(15-3)6-8-13/h5-8,10-11,14-15H,4,9H2,1-3H3. The highest BCUT2D eigenvalue weighted by Crippen LogP contribution is 2.34. The number of hydrogen-bond donors (Lipinski definition) is 1. The lowest BCUT2D eigenvalue weighted by Gasteiger charge is -2.20. The van der Waals surface area contributed by atoms with Crippen LogP contribution in [0.3, 0.4) is 0 Å². The van der Waals surface area contributed by atoms with E-state index in [1.165, 1.54) is 12.8 Å². The lowest BCUT2D eigenvalue weighted by molar-refractivity contribution is 0.155. The Morgan fingerprint density at radius 1 is 1.12 bits per heavy atom. The van der Waals surface area contributed by atoms with E-state index >= 15 is 0 Å². The normalized spacial score (nSPS) is 29.1. The largest absolute Gasteiger partial charge is 0.490 e. The minimum Gasteiger partial charge on any atom is -0.490 e. The van der Waals surface area contributed by atoms with E-state index in [0.717, 1.165) is 17.4 Å². The van der Waals surface area contributed by atoms with Crippen LogP contribution in [0.5, 0.6) is 5.75 Å². The fourth-order valence-corrected chi connectivity index (χ4v) is 2.36. The second kappa shape index (κ2) is 4.77. The molecule has 2 rings (SSSR count). The molecule has 1 fully saturated rings. The third-order valence-electron chi connectivity index (χ3n) is 3.82. The molecule has 0 bridgehead atoms. The molecule has 1 aromatic carbocycles. The van der Waals surface area contributed by atoms with Crippen molar-refractivity contribution in [3.63, 3.8) is 0 Å². The van der Waals surface area contributed by atoms with E-state index in [-0.39, 0.29) is 0 Å². The van der Waals surface area contributed by atoms with Crippen LogP contribution in [0.1, 0.15) is 26.7 Å². The molecule has 0 aromatic heterocycles. The molecule has 1 saturated carbocycles. The fourth-order valence-electron chi connectivity index (χ4n) is 2.36. The number of rotatable bonds is 3. The molecule has 1 aromatic rings. The molecule has 2 heteroatoms. The van der Waals surface area contributed by atoms with Crippen LogP contribution in [-0.4, -0.2) is 13.2 Å². The summed E-state index contributed by atoms with van der Waals surface area (Å²) in [6, 6.07) is 8.19. The SMILES string of the molecule is CNc1ccc(OC2CCC(C)C2C)cc1. The number of nitrogens with one attached hydrogen (secondary N) is 1. The Morgan fingerprint density at radius 2 is 1.81 bits per heavy atom. The third-order valence-corrected chi connectivity index (χ3v) is 3.82. The molecule has 3 unspecified atom stereocenters. The van der Waals surface area contributed by atoms with Crippen molar-refractivity contribution < 1.29 is 4.74 Å². The highest BCUT2D eigenvalue weighted by atomic mass is 16.5. The summed E-state index contributed by atoms with van der Waals surface area (Å²) in [6.45, 7) is 4.61. The van der Waals surface area contributed by atoms with E-state index in [0.29, 0.717) is 12.0 Å². The number of benzene rings is 1. The summed E-state index contributed by atoms with van der Waals surface area (Å²) in [5.74, 6) is 2.45. The van der Waals surface area contributed by atoms with Gasteiger partial charge in [-0.15, -0.1) is 0 Å². The monoisotopic (exact) mass is 219 g/mol. The van der Waals surface area contributed by atoms with Crippen molar-refractivity contribution in [1.82, 2.24) is 0 Å². The molecule has 0 radical (unpaired) electrons. The van der Waals surface area contributed by atoms with Crippen LogP contribution < -0.4 is 10.1 Å². The molecule has 0 spiro atoms. The Labute approximate surface area is 98.0 Å². The number of ether oxygens (including phenoxy) is 1. The Morgan fingerprint density at radius 3 is 2.31 bits per heavy atom. The molecule has 0 aliphatic heterocycles. The van der Waals surface area contributed by atoms with E-state index in [4.69, 9.17) is 4.74 Å². The second-order valence-corrected chi connectivity index (χ2v) is 4.84. The Bertz CT molecular complexity index is 333. The molecule has 1 aliphatic carbocycles. The van der Waals surface area contributed by atoms with Crippen molar-refractivity contribution in [2.45, 2.75) is 32.8 Å². The van der Waals surface area contributed by atoms with Gasteiger partial charge in [0.15, 0.2) is 0 Å². The van der Waals surface area contributed by atoms with Crippen molar-refractivity contribution in [2.24, 2.45) is 11.8 Å². The van der Waals surface area contributed by atoms with Crippen LogP contribution in [0.2, 0.25) is 0 Å². The molecule has 0 saturated heterocycles. The first-order valence-electron chi connectivity index (χ1n) is 6.15. The molecular weight excluding hydrogens is 198 g/mol. The van der Waals surface area contributed by atoms with E-state index < -0.39 is 0 Å². The van der Waals surface area contributed by atoms with E-state index in [1.54, 1.807) is 0 Å². The van der Waals surface area contributed by atoms with Crippen LogP contribution in [0.15, 0.2) is 24.3 Å². The van der Waals surface area contributed by atoms with Gasteiger partial charge in [-0.1, -0.05) is 13.8 Å². The van der Waals surface area contributed by atoms with Gasteiger partial charge in [-0.25, -0.2) is 0 Å². The first kappa shape index (κ1) is 11.3. The molecule has 2 nitrogen and oxygen atoms in total. The summed E-state index contributed by atoms with van der Waals surface area (Å²) in [5.41, 5.74) is 1.13. The predicted octanol–water partition coefficient (Wildman–Crippen LogP) is 3.54. The molecular formula is C14H21NO. The quantitative estimate of drug-likeness (QED) is 0.839. The Hall–Kier alpha value is -1.18. The maximum Gasteiger partial charge on any atom is 0.119 e. The molecule has 0 amide bonds. The zero-order chi connectivity index (χ0) is 11.5. The topological polar surface area (TPSA) is 21.3 Å². The smallest absolute Gasteiger partial charge is 0.119 e. The predicted molar refractivity (Wildman–Crippen MR) is 68.0 cm³/mol. The molecule has 16 heavy (non-hydrogen) atoms. The minimum absolute atomic E-state index is 0.399. The average molecular weight is 219 g/mol. The second-order valence-electron chi connectivity index (χ2n) is 4.84. The molecule has 1 N–H and O–H groups in total. The summed E-state index contributed by atoms with van der Waals surface area (Å²) < 4.78 is 6.03. The van der Waals surface area contributed by atoms with Crippen molar-refractivity contribution in [1.29, 1.82) is 0 Å². The molecule has 88 valence electrons. The Kier molecular flexibility index (Phi) is 3.37. The summed E-state index contributed by atoms with van der Waals surface area (Å²) >= 11 is 0. The van der Waals surface area contributed by atoms with E-state index in [1.807, 2.05) is 19.2 Å². The van der Waals surface area contributed by atoms with E-state index in [2.05, 4.69) is 31.3 Å². The minimum atomic E-state index is 0.399. The van der Waals surface area contributed by atoms with Gasteiger partial charge in [0, 0.05) is 12.7 Å². The van der Waals surface area contributed by atoms with E-state index in [9.17, 15) is 0 Å². The third kappa shape index (κ3) is 2.31. The molecule has 1 aliphatic rings. The highest BCUT2D eigenvalue weighted by Gasteiger charge is 2.31. The van der Waals surface area contributed by atoms with Crippen LogP contribution in [0.4, 0.5) is 5.69 Å². The zero-order valence-corrected chi connectivity index (χ0v) is 10.4. The Balaban J connectivity index is 1.98. The van der Waals surface area contributed by atoms with Crippen LogP contribution in [0, 0.1) is 11.8 Å². The maximum absolute atomic E-state index is 6.03. The lowest BCUT2D eigenvalue weighted by atomic mass is 9.99. The van der Waals surface area contributed by atoms with Crippen LogP contribution in [-0.2, 0) is 0 Å². The number of hydrogen-bond acceptors (Lipinski definition) is 2. The maximum atomic E-state index is 6.03. The van der Waals surface area contributed by atoms with Crippen molar-refractivity contribution in [2.75, 3.05) is 12.4 Å². The molecule has 0 heterocycles. The van der Waals surface area contributed by atoms with Crippen molar-refractivity contribution in [3.8, 4) is 5.75 Å². The van der Waals surface area contributed by atoms with Crippen molar-refractivity contribution >= 4 is 5.69 Å². The van der Waals surface area contributed by atoms with Gasteiger partial charge in [0.05, 0.1) is 0 Å². The molecule has 3 atom stereocenters. The van der Waals surface area contributed by atoms with Gasteiger partial charge in [-0.05, 0) is 48.9 Å². The first-order chi connectivity index (χ1) is 7.70. The average Bonchev–Trinajstić information content (AvgIpc) is 2.62. The number of anilines is 1.